The molecule has 128 valence electrons. The largest absolute Gasteiger partial charge is 0.424 e. The van der Waals surface area contributed by atoms with Crippen molar-refractivity contribution in [1.29, 1.82) is 0 Å². The minimum Gasteiger partial charge on any atom is -0.424 e. The highest BCUT2D eigenvalue weighted by Gasteiger charge is 2.50. The Kier molecular flexibility index (Phi) is 5.23. The summed E-state index contributed by atoms with van der Waals surface area (Å²) in [5, 5.41) is 5.58. The van der Waals surface area contributed by atoms with E-state index in [1.807, 2.05) is 12.1 Å². The van der Waals surface area contributed by atoms with Gasteiger partial charge in [0.05, 0.1) is 0 Å². The predicted molar refractivity (Wildman–Crippen MR) is 104 cm³/mol. The van der Waals surface area contributed by atoms with Gasteiger partial charge in [-0.15, -0.1) is 0 Å². The zero-order valence-corrected chi connectivity index (χ0v) is 15.8. The molecular weight excluding hydrogens is 310 g/mol. The molecule has 1 aliphatic rings. The van der Waals surface area contributed by atoms with Crippen molar-refractivity contribution in [3.63, 3.8) is 0 Å². The van der Waals surface area contributed by atoms with Gasteiger partial charge in [0.1, 0.15) is 0 Å². The van der Waals surface area contributed by atoms with Gasteiger partial charge in [0.15, 0.2) is 0 Å². The Balaban J connectivity index is 2.00. The van der Waals surface area contributed by atoms with E-state index in [1.165, 1.54) is 12.8 Å². The monoisotopic (exact) mass is 339 g/mol. The van der Waals surface area contributed by atoms with Gasteiger partial charge in [-0.25, -0.2) is 0 Å². The van der Waals surface area contributed by atoms with E-state index in [9.17, 15) is 4.80 Å². The van der Waals surface area contributed by atoms with Gasteiger partial charge >= 0.3 is 0 Å². The highest BCUT2D eigenvalue weighted by Crippen LogP contribution is 2.43. The van der Waals surface area contributed by atoms with Crippen LogP contribution >= 0.6 is 0 Å². The summed E-state index contributed by atoms with van der Waals surface area (Å²) in [6, 6.07) is 20.7. The normalized spacial score (nSPS) is 17.0. The van der Waals surface area contributed by atoms with E-state index in [2.05, 4.69) is 67.7 Å². The molecule has 3 heteroatoms. The second-order valence-corrected chi connectivity index (χ2v) is 11.7. The molecule has 3 rings (SSSR count). The van der Waals surface area contributed by atoms with Crippen molar-refractivity contribution in [2.45, 2.75) is 38.1 Å². The van der Waals surface area contributed by atoms with E-state index in [4.69, 9.17) is 0 Å². The summed E-state index contributed by atoms with van der Waals surface area (Å²) in [6.07, 6.45) is 3.52. The van der Waals surface area contributed by atoms with E-state index >= 15 is 0 Å². The van der Waals surface area contributed by atoms with Crippen molar-refractivity contribution in [1.82, 2.24) is 5.32 Å². The molecule has 1 saturated heterocycles. The number of benzene rings is 2. The highest BCUT2D eigenvalue weighted by atomic mass is 28.4. The number of nitrogens with one attached hydrogen (secondary N) is 1. The summed E-state index contributed by atoms with van der Waals surface area (Å²) in [4.78, 5) is 12.1. The Bertz CT molecular complexity index is 596. The van der Waals surface area contributed by atoms with Gasteiger partial charge in [0.2, 0.25) is 0 Å². The number of rotatable bonds is 5. The smallest absolute Gasteiger partial charge is 0.258 e. The Hall–Kier alpha value is -1.42. The average Bonchev–Trinajstić information content (AvgIpc) is 2.63. The second kappa shape index (κ2) is 7.22. The molecule has 0 amide bonds. The van der Waals surface area contributed by atoms with Crippen LogP contribution in [0.25, 0.3) is 0 Å². The standard InChI is InChI=1S/C21H29NOSi/c1-21(2,17-18-13-15-22-16-14-18)24(23,19-9-5-3-6-10-19)20-11-7-4-8-12-20/h3-12,18,22-23H,13-17H2,1-2H3. The lowest BCUT2D eigenvalue weighted by Gasteiger charge is -2.43. The first-order valence-corrected chi connectivity index (χ1v) is 11.0. The quantitative estimate of drug-likeness (QED) is 0.821. The molecule has 0 atom stereocenters. The van der Waals surface area contributed by atoms with Crippen molar-refractivity contribution < 1.29 is 4.80 Å². The molecule has 2 aromatic rings. The van der Waals surface area contributed by atoms with Crippen LogP contribution in [-0.4, -0.2) is 26.2 Å². The third-order valence-electron chi connectivity index (χ3n) is 5.62. The summed E-state index contributed by atoms with van der Waals surface area (Å²) in [5.74, 6) is 0.702. The van der Waals surface area contributed by atoms with Crippen LogP contribution in [0.5, 0.6) is 0 Å². The van der Waals surface area contributed by atoms with E-state index in [-0.39, 0.29) is 5.04 Å². The Morgan fingerprint density at radius 3 is 1.83 bits per heavy atom. The van der Waals surface area contributed by atoms with Crippen LogP contribution in [0.4, 0.5) is 0 Å². The van der Waals surface area contributed by atoms with Gasteiger partial charge in [-0.2, -0.15) is 0 Å². The number of hydrogen-bond donors (Lipinski definition) is 2. The zero-order chi connectivity index (χ0) is 17.0. The molecule has 0 saturated carbocycles. The van der Waals surface area contributed by atoms with Gasteiger partial charge in [-0.05, 0) is 53.7 Å². The lowest BCUT2D eigenvalue weighted by atomic mass is 9.89. The summed E-state index contributed by atoms with van der Waals surface area (Å²) in [5.41, 5.74) is 0. The minimum atomic E-state index is -2.83. The van der Waals surface area contributed by atoms with Crippen LogP contribution in [-0.2, 0) is 0 Å². The van der Waals surface area contributed by atoms with Crippen LogP contribution in [0, 0.1) is 5.92 Å². The first-order valence-electron chi connectivity index (χ1n) is 9.08. The summed E-state index contributed by atoms with van der Waals surface area (Å²) >= 11 is 0. The van der Waals surface area contributed by atoms with Gasteiger partial charge in [0.25, 0.3) is 8.32 Å². The minimum absolute atomic E-state index is 0.113. The van der Waals surface area contributed by atoms with E-state index in [0.717, 1.165) is 29.9 Å². The van der Waals surface area contributed by atoms with Gasteiger partial charge < -0.3 is 10.1 Å². The zero-order valence-electron chi connectivity index (χ0n) is 14.8. The molecule has 24 heavy (non-hydrogen) atoms. The fourth-order valence-electron chi connectivity index (χ4n) is 4.26. The summed E-state index contributed by atoms with van der Waals surface area (Å²) in [6.45, 7) is 6.78. The van der Waals surface area contributed by atoms with Crippen LogP contribution in [0.1, 0.15) is 33.1 Å². The lowest BCUT2D eigenvalue weighted by molar-refractivity contribution is 0.308. The molecule has 0 unspecified atom stereocenters. The van der Waals surface area contributed by atoms with Crippen molar-refractivity contribution in [2.24, 2.45) is 5.92 Å². The maximum absolute atomic E-state index is 12.1. The topological polar surface area (TPSA) is 32.3 Å². The van der Waals surface area contributed by atoms with Crippen molar-refractivity contribution >= 4 is 18.7 Å². The molecule has 0 spiro atoms. The van der Waals surface area contributed by atoms with Gasteiger partial charge in [-0.3, -0.25) is 0 Å². The molecule has 1 fully saturated rings. The van der Waals surface area contributed by atoms with Crippen molar-refractivity contribution in [2.75, 3.05) is 13.1 Å². The Morgan fingerprint density at radius 1 is 0.917 bits per heavy atom. The third-order valence-corrected chi connectivity index (χ3v) is 10.1. The molecule has 0 aliphatic carbocycles. The summed E-state index contributed by atoms with van der Waals surface area (Å²) in [7, 11) is -2.83. The maximum atomic E-state index is 12.1. The fraction of sp³-hybridized carbons (Fsp3) is 0.429. The molecule has 0 radical (unpaired) electrons. The van der Waals surface area contributed by atoms with Crippen LogP contribution in [0.15, 0.2) is 60.7 Å². The van der Waals surface area contributed by atoms with Crippen LogP contribution in [0.3, 0.4) is 0 Å². The lowest BCUT2D eigenvalue weighted by Crippen LogP contribution is -2.65. The fourth-order valence-corrected chi connectivity index (χ4v) is 8.09. The SMILES string of the molecule is CC(C)(CC1CCNCC1)[Si](O)(c1ccccc1)c1ccccc1. The molecule has 0 aromatic heterocycles. The highest BCUT2D eigenvalue weighted by molar-refractivity contribution is 6.98. The van der Waals surface area contributed by atoms with E-state index in [1.54, 1.807) is 0 Å². The van der Waals surface area contributed by atoms with Crippen LogP contribution in [0.2, 0.25) is 5.04 Å². The average molecular weight is 340 g/mol. The van der Waals surface area contributed by atoms with Gasteiger partial charge in [-0.1, -0.05) is 74.5 Å². The van der Waals surface area contributed by atoms with Crippen molar-refractivity contribution in [3.8, 4) is 0 Å². The second-order valence-electron chi connectivity index (χ2n) is 7.72. The van der Waals surface area contributed by atoms with E-state index < -0.39 is 8.32 Å². The number of piperidine rings is 1. The number of hydrogen-bond acceptors (Lipinski definition) is 2. The third kappa shape index (κ3) is 3.34. The predicted octanol–water partition coefficient (Wildman–Crippen LogP) is 2.91. The van der Waals surface area contributed by atoms with E-state index in [0.29, 0.717) is 5.92 Å². The summed E-state index contributed by atoms with van der Waals surface area (Å²) < 4.78 is 0. The molecule has 2 aromatic carbocycles. The molecular formula is C21H29NOSi. The molecule has 1 heterocycles. The molecule has 2 N–H and O–H groups in total. The first kappa shape index (κ1) is 17.4. The van der Waals surface area contributed by atoms with Gasteiger partial charge in [0, 0.05) is 0 Å². The van der Waals surface area contributed by atoms with Crippen LogP contribution < -0.4 is 15.7 Å². The Morgan fingerprint density at radius 2 is 1.38 bits per heavy atom. The maximum Gasteiger partial charge on any atom is 0.258 e. The molecule has 1 aliphatic heterocycles. The Labute approximate surface area is 147 Å². The van der Waals surface area contributed by atoms with Crippen molar-refractivity contribution in [3.05, 3.63) is 60.7 Å². The first-order chi connectivity index (χ1) is 11.5. The molecule has 2 nitrogen and oxygen atoms in total. The molecule has 0 bridgehead atoms.